The Morgan fingerprint density at radius 2 is 1.94 bits per heavy atom. The average Bonchev–Trinajstić information content (AvgIpc) is 3.06. The maximum Gasteiger partial charge on any atom is 0.285 e. The SMILES string of the molecule is COc1cccc(/C=C2\SC(=S)N(NC(=O)Cc3nn(C)c(=O)c4ccccc34)C2=O)c1O. The Morgan fingerprint density at radius 3 is 2.67 bits per heavy atom. The van der Waals surface area contributed by atoms with Crippen LogP contribution in [-0.4, -0.2) is 43.1 Å². The zero-order valence-corrected chi connectivity index (χ0v) is 19.2. The van der Waals surface area contributed by atoms with E-state index in [-0.39, 0.29) is 32.7 Å². The van der Waals surface area contributed by atoms with Gasteiger partial charge in [0.05, 0.1) is 29.5 Å². The number of aromatic hydroxyl groups is 1. The Kier molecular flexibility index (Phi) is 6.16. The summed E-state index contributed by atoms with van der Waals surface area (Å²) in [6, 6.07) is 11.8. The van der Waals surface area contributed by atoms with Crippen LogP contribution in [0.2, 0.25) is 0 Å². The van der Waals surface area contributed by atoms with Gasteiger partial charge >= 0.3 is 0 Å². The third-order valence-electron chi connectivity index (χ3n) is 4.93. The van der Waals surface area contributed by atoms with Gasteiger partial charge in [-0.1, -0.05) is 42.1 Å². The van der Waals surface area contributed by atoms with Gasteiger partial charge in [-0.25, -0.2) is 4.68 Å². The number of para-hydroxylation sites is 1. The number of hydrazine groups is 1. The first-order valence-corrected chi connectivity index (χ1v) is 10.9. The number of amides is 2. The molecule has 11 heteroatoms. The largest absolute Gasteiger partial charge is 0.504 e. The van der Waals surface area contributed by atoms with E-state index in [9.17, 15) is 19.5 Å². The van der Waals surface area contributed by atoms with Crippen molar-refractivity contribution < 1.29 is 19.4 Å². The number of aryl methyl sites for hydroxylation is 1. The van der Waals surface area contributed by atoms with Crippen molar-refractivity contribution in [2.45, 2.75) is 6.42 Å². The number of fused-ring (bicyclic) bond motifs is 1. The van der Waals surface area contributed by atoms with Crippen LogP contribution >= 0.6 is 24.0 Å². The number of methoxy groups -OCH3 is 1. The molecule has 0 saturated carbocycles. The Labute approximate surface area is 197 Å². The number of phenolic OH excluding ortho intramolecular Hbond substituents is 1. The molecule has 3 aromatic rings. The highest BCUT2D eigenvalue weighted by atomic mass is 32.2. The van der Waals surface area contributed by atoms with Gasteiger partial charge in [0.15, 0.2) is 15.8 Å². The maximum absolute atomic E-state index is 12.8. The van der Waals surface area contributed by atoms with E-state index in [1.807, 2.05) is 0 Å². The molecule has 0 aliphatic carbocycles. The second kappa shape index (κ2) is 9.04. The molecule has 1 saturated heterocycles. The molecule has 1 aromatic heterocycles. The molecule has 2 aromatic carbocycles. The number of nitrogens with one attached hydrogen (secondary N) is 1. The molecule has 1 fully saturated rings. The summed E-state index contributed by atoms with van der Waals surface area (Å²) in [7, 11) is 2.94. The van der Waals surface area contributed by atoms with Crippen LogP contribution < -0.4 is 15.7 Å². The van der Waals surface area contributed by atoms with Gasteiger partial charge in [-0.05, 0) is 30.4 Å². The number of hydrogen-bond donors (Lipinski definition) is 2. The van der Waals surface area contributed by atoms with Gasteiger partial charge in [0.1, 0.15) is 0 Å². The highest BCUT2D eigenvalue weighted by Crippen LogP contribution is 2.36. The van der Waals surface area contributed by atoms with Crippen molar-refractivity contribution in [1.82, 2.24) is 20.2 Å². The standard InChI is InChI=1S/C22H18N4O5S2/c1-25-20(29)14-8-4-3-7-13(14)15(23-25)11-18(27)24-26-21(30)17(33-22(26)32)10-12-6-5-9-16(31-2)19(12)28/h3-10,28H,11H2,1-2H3,(H,24,27)/b17-10-. The fourth-order valence-electron chi connectivity index (χ4n) is 3.35. The van der Waals surface area contributed by atoms with Gasteiger partial charge in [-0.2, -0.15) is 10.1 Å². The van der Waals surface area contributed by atoms with E-state index in [0.29, 0.717) is 22.0 Å². The normalized spacial score (nSPS) is 14.8. The second-order valence-electron chi connectivity index (χ2n) is 7.05. The van der Waals surface area contributed by atoms with E-state index >= 15 is 0 Å². The first kappa shape index (κ1) is 22.5. The van der Waals surface area contributed by atoms with Crippen molar-refractivity contribution in [2.24, 2.45) is 7.05 Å². The molecule has 4 rings (SSSR count). The van der Waals surface area contributed by atoms with Crippen molar-refractivity contribution in [3.05, 3.63) is 69.0 Å². The molecule has 0 spiro atoms. The molecule has 168 valence electrons. The molecule has 2 heterocycles. The first-order valence-electron chi connectivity index (χ1n) is 9.68. The molecule has 0 bridgehead atoms. The minimum absolute atomic E-state index is 0.109. The minimum Gasteiger partial charge on any atom is -0.504 e. The van der Waals surface area contributed by atoms with Gasteiger partial charge < -0.3 is 9.84 Å². The second-order valence-corrected chi connectivity index (χ2v) is 8.72. The summed E-state index contributed by atoms with van der Waals surface area (Å²) in [6.45, 7) is 0. The number of thioether (sulfide) groups is 1. The van der Waals surface area contributed by atoms with Crippen molar-refractivity contribution in [3.8, 4) is 11.5 Å². The number of carbonyl (C=O) groups excluding carboxylic acids is 2. The van der Waals surface area contributed by atoms with Crippen LogP contribution in [0.25, 0.3) is 16.8 Å². The van der Waals surface area contributed by atoms with E-state index in [2.05, 4.69) is 10.5 Å². The summed E-state index contributed by atoms with van der Waals surface area (Å²) in [5.41, 5.74) is 3.01. The lowest BCUT2D eigenvalue weighted by Gasteiger charge is -2.16. The Bertz CT molecular complexity index is 1400. The quantitative estimate of drug-likeness (QED) is 0.420. The lowest BCUT2D eigenvalue weighted by atomic mass is 10.1. The van der Waals surface area contributed by atoms with E-state index < -0.39 is 11.8 Å². The summed E-state index contributed by atoms with van der Waals surface area (Å²) < 4.78 is 6.40. The third kappa shape index (κ3) is 4.32. The lowest BCUT2D eigenvalue weighted by molar-refractivity contribution is -0.132. The zero-order valence-electron chi connectivity index (χ0n) is 17.6. The van der Waals surface area contributed by atoms with Gasteiger partial charge in [-0.15, -0.1) is 0 Å². The van der Waals surface area contributed by atoms with Gasteiger partial charge in [0.2, 0.25) is 5.91 Å². The number of carbonyl (C=O) groups is 2. The van der Waals surface area contributed by atoms with E-state index in [1.165, 1.54) is 24.9 Å². The third-order valence-corrected chi connectivity index (χ3v) is 6.23. The molecular weight excluding hydrogens is 464 g/mol. The number of aromatic nitrogens is 2. The fourth-order valence-corrected chi connectivity index (χ4v) is 4.52. The number of nitrogens with zero attached hydrogens (tertiary/aromatic N) is 3. The molecular formula is C22H18N4O5S2. The topological polar surface area (TPSA) is 114 Å². The number of rotatable bonds is 5. The van der Waals surface area contributed by atoms with Crippen LogP contribution in [0.15, 0.2) is 52.2 Å². The number of hydrogen-bond acceptors (Lipinski definition) is 8. The summed E-state index contributed by atoms with van der Waals surface area (Å²) in [6.07, 6.45) is 1.31. The fraction of sp³-hybridized carbons (Fsp3) is 0.136. The molecule has 1 aliphatic rings. The number of benzene rings is 2. The van der Waals surface area contributed by atoms with E-state index in [4.69, 9.17) is 17.0 Å². The van der Waals surface area contributed by atoms with Gasteiger partial charge in [-0.3, -0.25) is 19.8 Å². The Balaban J connectivity index is 1.55. The summed E-state index contributed by atoms with van der Waals surface area (Å²) in [5, 5.41) is 16.5. The van der Waals surface area contributed by atoms with Gasteiger partial charge in [0, 0.05) is 18.0 Å². The van der Waals surface area contributed by atoms with Crippen LogP contribution in [0, 0.1) is 0 Å². The van der Waals surface area contributed by atoms with Crippen LogP contribution in [0.3, 0.4) is 0 Å². The predicted octanol–water partition coefficient (Wildman–Crippen LogP) is 2.12. The highest BCUT2D eigenvalue weighted by Gasteiger charge is 2.34. The summed E-state index contributed by atoms with van der Waals surface area (Å²) >= 11 is 6.25. The lowest BCUT2D eigenvalue weighted by Crippen LogP contribution is -2.45. The number of ether oxygens (including phenoxy) is 1. The minimum atomic E-state index is -0.529. The molecule has 0 radical (unpaired) electrons. The van der Waals surface area contributed by atoms with Crippen LogP contribution in [0.1, 0.15) is 11.3 Å². The Morgan fingerprint density at radius 1 is 1.21 bits per heavy atom. The van der Waals surface area contributed by atoms with Crippen LogP contribution in [0.4, 0.5) is 0 Å². The molecule has 1 aliphatic heterocycles. The number of thiocarbonyl (C=S) groups is 1. The van der Waals surface area contributed by atoms with E-state index in [1.54, 1.807) is 42.5 Å². The average molecular weight is 483 g/mol. The van der Waals surface area contributed by atoms with Crippen molar-refractivity contribution in [2.75, 3.05) is 7.11 Å². The van der Waals surface area contributed by atoms with Gasteiger partial charge in [0.25, 0.3) is 11.5 Å². The zero-order chi connectivity index (χ0) is 23.7. The molecule has 0 unspecified atom stereocenters. The van der Waals surface area contributed by atoms with Crippen LogP contribution in [0.5, 0.6) is 11.5 Å². The monoisotopic (exact) mass is 482 g/mol. The summed E-state index contributed by atoms with van der Waals surface area (Å²) in [5.74, 6) is -0.890. The molecule has 0 atom stereocenters. The predicted molar refractivity (Wildman–Crippen MR) is 129 cm³/mol. The number of phenols is 1. The molecule has 33 heavy (non-hydrogen) atoms. The highest BCUT2D eigenvalue weighted by molar-refractivity contribution is 8.26. The van der Waals surface area contributed by atoms with Crippen molar-refractivity contribution >= 4 is 57.0 Å². The van der Waals surface area contributed by atoms with Crippen LogP contribution in [-0.2, 0) is 23.1 Å². The van der Waals surface area contributed by atoms with Crippen molar-refractivity contribution in [3.63, 3.8) is 0 Å². The smallest absolute Gasteiger partial charge is 0.285 e. The van der Waals surface area contributed by atoms with E-state index in [0.717, 1.165) is 16.8 Å². The summed E-state index contributed by atoms with van der Waals surface area (Å²) in [4.78, 5) is 38.1. The molecule has 2 amide bonds. The Hall–Kier alpha value is -3.70. The maximum atomic E-state index is 12.8. The molecule has 9 nitrogen and oxygen atoms in total. The molecule has 2 N–H and O–H groups in total. The first-order chi connectivity index (χ1) is 15.8. The van der Waals surface area contributed by atoms with Crippen molar-refractivity contribution in [1.29, 1.82) is 0 Å².